The van der Waals surface area contributed by atoms with Gasteiger partial charge in [0.15, 0.2) is 0 Å². The first-order chi connectivity index (χ1) is 5.99. The molecule has 2 unspecified atom stereocenters. The van der Waals surface area contributed by atoms with Crippen LogP contribution in [0.25, 0.3) is 0 Å². The van der Waals surface area contributed by atoms with Crippen molar-refractivity contribution in [1.29, 1.82) is 0 Å². The SMILES string of the molecule is CCC(O)CNC(=O)C(O)C(C)C. The summed E-state index contributed by atoms with van der Waals surface area (Å²) in [7, 11) is 0. The number of aliphatic hydroxyl groups excluding tert-OH is 2. The number of aliphatic hydroxyl groups is 2. The number of hydrogen-bond acceptors (Lipinski definition) is 3. The lowest BCUT2D eigenvalue weighted by molar-refractivity contribution is -0.131. The van der Waals surface area contributed by atoms with Crippen molar-refractivity contribution in [2.24, 2.45) is 5.92 Å². The van der Waals surface area contributed by atoms with Gasteiger partial charge in [0.2, 0.25) is 5.91 Å². The molecule has 0 saturated heterocycles. The van der Waals surface area contributed by atoms with Gasteiger partial charge in [0.05, 0.1) is 6.10 Å². The fourth-order valence-corrected chi connectivity index (χ4v) is 0.770. The second-order valence-corrected chi connectivity index (χ2v) is 3.50. The van der Waals surface area contributed by atoms with Gasteiger partial charge in [-0.2, -0.15) is 0 Å². The standard InChI is InChI=1S/C9H19NO3/c1-4-7(11)5-10-9(13)8(12)6(2)3/h6-8,11-12H,4-5H2,1-3H3,(H,10,13). The molecule has 3 N–H and O–H groups in total. The van der Waals surface area contributed by atoms with Gasteiger partial charge in [0.1, 0.15) is 6.10 Å². The molecule has 4 nitrogen and oxygen atoms in total. The van der Waals surface area contributed by atoms with Crippen LogP contribution in [0.5, 0.6) is 0 Å². The number of hydrogen-bond donors (Lipinski definition) is 3. The normalized spacial score (nSPS) is 15.5. The minimum absolute atomic E-state index is 0.0984. The third-order valence-electron chi connectivity index (χ3n) is 1.88. The summed E-state index contributed by atoms with van der Waals surface area (Å²) >= 11 is 0. The molecule has 0 spiro atoms. The lowest BCUT2D eigenvalue weighted by Crippen LogP contribution is -2.41. The van der Waals surface area contributed by atoms with E-state index in [-0.39, 0.29) is 12.5 Å². The molecule has 0 aromatic rings. The number of amides is 1. The first-order valence-electron chi connectivity index (χ1n) is 4.62. The Balaban J connectivity index is 3.74. The molecule has 0 radical (unpaired) electrons. The van der Waals surface area contributed by atoms with Crippen LogP contribution in [0.3, 0.4) is 0 Å². The first-order valence-corrected chi connectivity index (χ1v) is 4.62. The van der Waals surface area contributed by atoms with E-state index in [9.17, 15) is 9.90 Å². The fraction of sp³-hybridized carbons (Fsp3) is 0.889. The summed E-state index contributed by atoms with van der Waals surface area (Å²) in [5, 5.41) is 20.9. The van der Waals surface area contributed by atoms with Gasteiger partial charge >= 0.3 is 0 Å². The summed E-state index contributed by atoms with van der Waals surface area (Å²) in [5.41, 5.74) is 0. The van der Waals surface area contributed by atoms with Gasteiger partial charge < -0.3 is 15.5 Å². The van der Waals surface area contributed by atoms with E-state index in [1.165, 1.54) is 0 Å². The zero-order chi connectivity index (χ0) is 10.4. The maximum absolute atomic E-state index is 11.1. The molecule has 0 aromatic carbocycles. The van der Waals surface area contributed by atoms with Gasteiger partial charge in [-0.15, -0.1) is 0 Å². The molecule has 0 aliphatic carbocycles. The molecule has 1 amide bonds. The van der Waals surface area contributed by atoms with E-state index in [4.69, 9.17) is 5.11 Å². The highest BCUT2D eigenvalue weighted by Gasteiger charge is 2.18. The van der Waals surface area contributed by atoms with Crippen LogP contribution in [0.4, 0.5) is 0 Å². The molecule has 0 aliphatic heterocycles. The summed E-state index contributed by atoms with van der Waals surface area (Å²) in [6.07, 6.45) is -0.912. The topological polar surface area (TPSA) is 69.6 Å². The van der Waals surface area contributed by atoms with Gasteiger partial charge in [0, 0.05) is 6.54 Å². The van der Waals surface area contributed by atoms with Crippen molar-refractivity contribution in [3.63, 3.8) is 0 Å². The molecular formula is C9H19NO3. The van der Waals surface area contributed by atoms with Gasteiger partial charge in [-0.3, -0.25) is 4.79 Å². The number of carbonyl (C=O) groups is 1. The van der Waals surface area contributed by atoms with E-state index < -0.39 is 18.1 Å². The lowest BCUT2D eigenvalue weighted by atomic mass is 10.1. The van der Waals surface area contributed by atoms with Crippen LogP contribution >= 0.6 is 0 Å². The van der Waals surface area contributed by atoms with E-state index in [0.29, 0.717) is 6.42 Å². The van der Waals surface area contributed by atoms with Gasteiger partial charge in [-0.1, -0.05) is 20.8 Å². The third-order valence-corrected chi connectivity index (χ3v) is 1.88. The average Bonchev–Trinajstić information content (AvgIpc) is 2.11. The Kier molecular flexibility index (Phi) is 5.66. The van der Waals surface area contributed by atoms with E-state index >= 15 is 0 Å². The van der Waals surface area contributed by atoms with Crippen LogP contribution in [0.15, 0.2) is 0 Å². The van der Waals surface area contributed by atoms with Crippen LogP contribution in [-0.4, -0.2) is 34.9 Å². The van der Waals surface area contributed by atoms with Crippen LogP contribution in [0.2, 0.25) is 0 Å². The molecule has 13 heavy (non-hydrogen) atoms. The summed E-state index contributed by atoms with van der Waals surface area (Å²) in [6.45, 7) is 5.57. The summed E-state index contributed by atoms with van der Waals surface area (Å²) in [6, 6.07) is 0. The Morgan fingerprint density at radius 2 is 1.92 bits per heavy atom. The Bertz CT molecular complexity index is 159. The predicted molar refractivity (Wildman–Crippen MR) is 50.2 cm³/mol. The van der Waals surface area contributed by atoms with E-state index in [1.54, 1.807) is 13.8 Å². The summed E-state index contributed by atoms with van der Waals surface area (Å²) in [5.74, 6) is -0.513. The first kappa shape index (κ1) is 12.4. The van der Waals surface area contributed by atoms with Crippen molar-refractivity contribution in [3.05, 3.63) is 0 Å². The minimum Gasteiger partial charge on any atom is -0.391 e. The maximum atomic E-state index is 11.1. The third kappa shape index (κ3) is 4.85. The molecule has 0 rings (SSSR count). The second kappa shape index (κ2) is 5.94. The molecule has 0 heterocycles. The highest BCUT2D eigenvalue weighted by atomic mass is 16.3. The molecule has 0 fully saturated rings. The van der Waals surface area contributed by atoms with Crippen molar-refractivity contribution in [3.8, 4) is 0 Å². The van der Waals surface area contributed by atoms with Crippen molar-refractivity contribution in [2.75, 3.05) is 6.54 Å². The Hall–Kier alpha value is -0.610. The quantitative estimate of drug-likeness (QED) is 0.565. The number of carbonyl (C=O) groups excluding carboxylic acids is 1. The van der Waals surface area contributed by atoms with Crippen molar-refractivity contribution < 1.29 is 15.0 Å². The largest absolute Gasteiger partial charge is 0.391 e. The number of nitrogens with one attached hydrogen (secondary N) is 1. The molecule has 0 saturated carbocycles. The maximum Gasteiger partial charge on any atom is 0.249 e. The van der Waals surface area contributed by atoms with Crippen molar-refractivity contribution >= 4 is 5.91 Å². The smallest absolute Gasteiger partial charge is 0.249 e. The fourth-order valence-electron chi connectivity index (χ4n) is 0.770. The molecule has 0 bridgehead atoms. The average molecular weight is 189 g/mol. The van der Waals surface area contributed by atoms with Crippen LogP contribution in [0.1, 0.15) is 27.2 Å². The molecule has 0 aliphatic rings. The Labute approximate surface area is 79.0 Å². The second-order valence-electron chi connectivity index (χ2n) is 3.50. The van der Waals surface area contributed by atoms with Gasteiger partial charge in [-0.25, -0.2) is 0 Å². The van der Waals surface area contributed by atoms with E-state index in [1.807, 2.05) is 6.92 Å². The van der Waals surface area contributed by atoms with Crippen LogP contribution in [-0.2, 0) is 4.79 Å². The van der Waals surface area contributed by atoms with Gasteiger partial charge in [0.25, 0.3) is 0 Å². The zero-order valence-electron chi connectivity index (χ0n) is 8.45. The van der Waals surface area contributed by atoms with Crippen LogP contribution < -0.4 is 5.32 Å². The monoisotopic (exact) mass is 189 g/mol. The zero-order valence-corrected chi connectivity index (χ0v) is 8.45. The van der Waals surface area contributed by atoms with Crippen molar-refractivity contribution in [1.82, 2.24) is 5.32 Å². The Morgan fingerprint density at radius 1 is 1.38 bits per heavy atom. The highest BCUT2D eigenvalue weighted by Crippen LogP contribution is 2.00. The summed E-state index contributed by atoms with van der Waals surface area (Å²) in [4.78, 5) is 11.1. The molecule has 78 valence electrons. The molecule has 4 heteroatoms. The van der Waals surface area contributed by atoms with Crippen molar-refractivity contribution in [2.45, 2.75) is 39.4 Å². The summed E-state index contributed by atoms with van der Waals surface area (Å²) < 4.78 is 0. The highest BCUT2D eigenvalue weighted by molar-refractivity contribution is 5.80. The Morgan fingerprint density at radius 3 is 2.31 bits per heavy atom. The van der Waals surface area contributed by atoms with E-state index in [2.05, 4.69) is 5.32 Å². The van der Waals surface area contributed by atoms with E-state index in [0.717, 1.165) is 0 Å². The van der Waals surface area contributed by atoms with Crippen LogP contribution in [0, 0.1) is 5.92 Å². The predicted octanol–water partition coefficient (Wildman–Crippen LogP) is -0.110. The lowest BCUT2D eigenvalue weighted by Gasteiger charge is -2.15. The molecular weight excluding hydrogens is 170 g/mol. The minimum atomic E-state index is -0.982. The van der Waals surface area contributed by atoms with Gasteiger partial charge in [-0.05, 0) is 12.3 Å². The molecule has 0 aromatic heterocycles. The number of rotatable bonds is 5. The molecule has 2 atom stereocenters.